The van der Waals surface area contributed by atoms with Crippen LogP contribution in [0.2, 0.25) is 0 Å². The zero-order chi connectivity index (χ0) is 9.02. The molecular formula is C5H5BrN2O3. The third-order valence-electron chi connectivity index (χ3n) is 0.974. The van der Waals surface area contributed by atoms with Crippen LogP contribution in [0, 0.1) is 17.2 Å². The van der Waals surface area contributed by atoms with Gasteiger partial charge in [-0.1, -0.05) is 15.9 Å². The summed E-state index contributed by atoms with van der Waals surface area (Å²) in [7, 11) is 0. The van der Waals surface area contributed by atoms with Crippen LogP contribution in [0.4, 0.5) is 0 Å². The fourth-order valence-electron chi connectivity index (χ4n) is 0.416. The number of nitrogens with zero attached hydrogens (tertiary/aromatic N) is 1. The minimum atomic E-state index is -1.33. The van der Waals surface area contributed by atoms with Crippen molar-refractivity contribution in [1.29, 1.82) is 5.26 Å². The van der Waals surface area contributed by atoms with Crippen LogP contribution in [0.3, 0.4) is 0 Å². The third kappa shape index (κ3) is 2.55. The number of nitriles is 1. The first-order valence-corrected chi connectivity index (χ1v) is 3.48. The Kier molecular flexibility index (Phi) is 3.54. The molecule has 0 aromatic rings. The summed E-state index contributed by atoms with van der Waals surface area (Å²) in [6.07, 6.45) is 0. The largest absolute Gasteiger partial charge is 0.480 e. The fourth-order valence-corrected chi connectivity index (χ4v) is 0.795. The number of primary amides is 1. The number of alkyl halides is 1. The molecule has 0 aliphatic carbocycles. The third-order valence-corrected chi connectivity index (χ3v) is 1.89. The van der Waals surface area contributed by atoms with Crippen molar-refractivity contribution in [3.63, 3.8) is 0 Å². The van der Waals surface area contributed by atoms with Gasteiger partial charge in [0, 0.05) is 0 Å². The second-order valence-electron chi connectivity index (χ2n) is 1.75. The molecule has 0 radical (unpaired) electrons. The van der Waals surface area contributed by atoms with Gasteiger partial charge in [0.1, 0.15) is 10.7 Å². The molecule has 0 saturated carbocycles. The highest BCUT2D eigenvalue weighted by Crippen LogP contribution is 2.11. The van der Waals surface area contributed by atoms with E-state index in [4.69, 9.17) is 16.1 Å². The molecule has 0 aliphatic rings. The van der Waals surface area contributed by atoms with Gasteiger partial charge in [0.25, 0.3) is 0 Å². The predicted molar refractivity (Wildman–Crippen MR) is 38.6 cm³/mol. The molecule has 0 aromatic carbocycles. The lowest BCUT2D eigenvalue weighted by molar-refractivity contribution is -0.138. The fraction of sp³-hybridized carbons (Fsp3) is 0.400. The smallest absolute Gasteiger partial charge is 0.319 e. The average molecular weight is 221 g/mol. The normalized spacial score (nSPS) is 14.5. The van der Waals surface area contributed by atoms with Crippen LogP contribution in [-0.2, 0) is 9.59 Å². The molecule has 0 aliphatic heterocycles. The number of hydrogen-bond acceptors (Lipinski definition) is 3. The van der Waals surface area contributed by atoms with E-state index in [0.29, 0.717) is 0 Å². The number of hydrogen-bond donors (Lipinski definition) is 2. The van der Waals surface area contributed by atoms with E-state index in [1.54, 1.807) is 0 Å². The van der Waals surface area contributed by atoms with Crippen LogP contribution < -0.4 is 5.73 Å². The van der Waals surface area contributed by atoms with Crippen LogP contribution in [-0.4, -0.2) is 21.8 Å². The van der Waals surface area contributed by atoms with E-state index in [9.17, 15) is 9.59 Å². The van der Waals surface area contributed by atoms with Crippen LogP contribution in [0.15, 0.2) is 0 Å². The number of amides is 1. The van der Waals surface area contributed by atoms with Gasteiger partial charge < -0.3 is 10.8 Å². The van der Waals surface area contributed by atoms with Crippen LogP contribution in [0.1, 0.15) is 0 Å². The standard InChI is InChI=1S/C5H5BrN2O3/c6-3(5(10)11)2(1-7)4(8)9/h2-3H,(H2,8,9)(H,10,11). The lowest BCUT2D eigenvalue weighted by Crippen LogP contribution is -2.33. The average Bonchev–Trinajstić information content (AvgIpc) is 1.88. The topological polar surface area (TPSA) is 104 Å². The molecule has 6 heteroatoms. The molecule has 0 spiro atoms. The number of halogens is 1. The number of carbonyl (C=O) groups excluding carboxylic acids is 1. The van der Waals surface area contributed by atoms with Gasteiger partial charge in [-0.25, -0.2) is 0 Å². The lowest BCUT2D eigenvalue weighted by atomic mass is 10.1. The monoisotopic (exact) mass is 220 g/mol. The van der Waals surface area contributed by atoms with Crippen molar-refractivity contribution in [2.24, 2.45) is 11.7 Å². The Labute approximate surface area is 70.9 Å². The molecule has 2 unspecified atom stereocenters. The van der Waals surface area contributed by atoms with Crippen LogP contribution in [0.25, 0.3) is 0 Å². The van der Waals surface area contributed by atoms with E-state index in [-0.39, 0.29) is 0 Å². The summed E-state index contributed by atoms with van der Waals surface area (Å²) in [5.74, 6) is -3.56. The minimum absolute atomic E-state index is 0.947. The van der Waals surface area contributed by atoms with Gasteiger partial charge in [-0.05, 0) is 0 Å². The molecule has 0 aromatic heterocycles. The Balaban J connectivity index is 4.42. The Hall–Kier alpha value is -1.09. The summed E-state index contributed by atoms with van der Waals surface area (Å²) in [5.41, 5.74) is 4.73. The van der Waals surface area contributed by atoms with Crippen molar-refractivity contribution in [2.75, 3.05) is 0 Å². The molecule has 0 heterocycles. The van der Waals surface area contributed by atoms with E-state index >= 15 is 0 Å². The Morgan fingerprint density at radius 2 is 2.09 bits per heavy atom. The number of aliphatic carboxylic acids is 1. The van der Waals surface area contributed by atoms with E-state index < -0.39 is 22.6 Å². The summed E-state index contributed by atoms with van der Waals surface area (Å²) < 4.78 is 0. The Morgan fingerprint density at radius 1 is 1.64 bits per heavy atom. The van der Waals surface area contributed by atoms with Gasteiger partial charge >= 0.3 is 5.97 Å². The summed E-state index contributed by atoms with van der Waals surface area (Å²) in [5, 5.41) is 16.6. The predicted octanol–water partition coefficient (Wildman–Crippen LogP) is -0.540. The Bertz CT molecular complexity index is 222. The molecular weight excluding hydrogens is 216 g/mol. The lowest BCUT2D eigenvalue weighted by Gasteiger charge is -2.06. The molecule has 60 valence electrons. The van der Waals surface area contributed by atoms with E-state index in [1.807, 2.05) is 0 Å². The molecule has 0 rings (SSSR count). The number of nitrogens with two attached hydrogens (primary N) is 1. The summed E-state index contributed by atoms with van der Waals surface area (Å²) >= 11 is 2.65. The first kappa shape index (κ1) is 9.91. The molecule has 3 N–H and O–H groups in total. The van der Waals surface area contributed by atoms with Crippen LogP contribution >= 0.6 is 15.9 Å². The quantitative estimate of drug-likeness (QED) is 0.624. The number of carboxylic acids is 1. The van der Waals surface area contributed by atoms with Crippen molar-refractivity contribution >= 4 is 27.8 Å². The maximum Gasteiger partial charge on any atom is 0.319 e. The Morgan fingerprint density at radius 3 is 2.18 bits per heavy atom. The van der Waals surface area contributed by atoms with Gasteiger partial charge in [0.15, 0.2) is 0 Å². The molecule has 0 saturated heterocycles. The van der Waals surface area contributed by atoms with Crippen molar-refractivity contribution in [3.05, 3.63) is 0 Å². The van der Waals surface area contributed by atoms with Crippen molar-refractivity contribution in [2.45, 2.75) is 4.83 Å². The molecule has 11 heavy (non-hydrogen) atoms. The van der Waals surface area contributed by atoms with E-state index in [0.717, 1.165) is 0 Å². The van der Waals surface area contributed by atoms with Crippen LogP contribution in [0.5, 0.6) is 0 Å². The number of rotatable bonds is 3. The SMILES string of the molecule is N#CC(C(N)=O)C(Br)C(=O)O. The van der Waals surface area contributed by atoms with Gasteiger partial charge in [-0.2, -0.15) is 5.26 Å². The van der Waals surface area contributed by atoms with Gasteiger partial charge in [-0.3, -0.25) is 9.59 Å². The number of carboxylic acid groups (broad SMARTS) is 1. The highest BCUT2D eigenvalue weighted by molar-refractivity contribution is 9.10. The maximum absolute atomic E-state index is 10.4. The molecule has 1 amide bonds. The first-order valence-electron chi connectivity index (χ1n) is 2.56. The van der Waals surface area contributed by atoms with Crippen molar-refractivity contribution in [1.82, 2.24) is 0 Å². The van der Waals surface area contributed by atoms with Crippen molar-refractivity contribution < 1.29 is 14.7 Å². The highest BCUT2D eigenvalue weighted by Gasteiger charge is 2.29. The maximum atomic E-state index is 10.4. The van der Waals surface area contributed by atoms with Crippen molar-refractivity contribution in [3.8, 4) is 6.07 Å². The molecule has 0 fully saturated rings. The number of carbonyl (C=O) groups is 2. The molecule has 5 nitrogen and oxygen atoms in total. The first-order chi connectivity index (χ1) is 5.00. The van der Waals surface area contributed by atoms with E-state index in [1.165, 1.54) is 6.07 Å². The van der Waals surface area contributed by atoms with Gasteiger partial charge in [-0.15, -0.1) is 0 Å². The van der Waals surface area contributed by atoms with Gasteiger partial charge in [0.05, 0.1) is 6.07 Å². The second-order valence-corrected chi connectivity index (χ2v) is 2.74. The molecule has 0 bridgehead atoms. The molecule has 2 atom stereocenters. The second kappa shape index (κ2) is 3.93. The summed E-state index contributed by atoms with van der Waals surface area (Å²) in [6, 6.07) is 1.48. The zero-order valence-corrected chi connectivity index (χ0v) is 6.91. The zero-order valence-electron chi connectivity index (χ0n) is 5.32. The van der Waals surface area contributed by atoms with E-state index in [2.05, 4.69) is 15.9 Å². The minimum Gasteiger partial charge on any atom is -0.480 e. The summed E-state index contributed by atoms with van der Waals surface area (Å²) in [4.78, 5) is 19.3. The van der Waals surface area contributed by atoms with Gasteiger partial charge in [0.2, 0.25) is 5.91 Å². The highest BCUT2D eigenvalue weighted by atomic mass is 79.9. The summed E-state index contributed by atoms with van der Waals surface area (Å²) in [6.45, 7) is 0.